The predicted octanol–water partition coefficient (Wildman–Crippen LogP) is 2.84. The summed E-state index contributed by atoms with van der Waals surface area (Å²) in [5, 5.41) is 12.2. The highest BCUT2D eigenvalue weighted by Crippen LogP contribution is 2.22. The normalized spacial score (nSPS) is 9.78. The van der Waals surface area contributed by atoms with Gasteiger partial charge in [0.2, 0.25) is 0 Å². The van der Waals surface area contributed by atoms with Crippen LogP contribution in [0, 0.1) is 11.3 Å². The van der Waals surface area contributed by atoms with Gasteiger partial charge in [-0.3, -0.25) is 0 Å². The lowest BCUT2D eigenvalue weighted by Gasteiger charge is -2.11. The first-order valence-corrected chi connectivity index (χ1v) is 5.54. The molecule has 1 N–H and O–H groups in total. The number of nitrogens with zero attached hydrogens (tertiary/aromatic N) is 2. The molecule has 4 nitrogen and oxygen atoms in total. The molecule has 4 heteroatoms. The average molecular weight is 239 g/mol. The molecule has 90 valence electrons. The van der Waals surface area contributed by atoms with Gasteiger partial charge in [-0.05, 0) is 18.2 Å². The molecule has 0 saturated carbocycles. The Balaban J connectivity index is 2.31. The van der Waals surface area contributed by atoms with E-state index in [4.69, 9.17) is 10.00 Å². The average Bonchev–Trinajstić information content (AvgIpc) is 2.42. The molecule has 2 rings (SSSR count). The van der Waals surface area contributed by atoms with Crippen molar-refractivity contribution in [2.24, 2.45) is 0 Å². The van der Waals surface area contributed by atoms with Crippen molar-refractivity contribution in [3.63, 3.8) is 0 Å². The van der Waals surface area contributed by atoms with Gasteiger partial charge in [-0.15, -0.1) is 0 Å². The Morgan fingerprint density at radius 2 is 2.11 bits per heavy atom. The Hall–Kier alpha value is -2.38. The van der Waals surface area contributed by atoms with Crippen LogP contribution in [0.2, 0.25) is 0 Å². The van der Waals surface area contributed by atoms with Gasteiger partial charge in [0.05, 0.1) is 12.2 Å². The van der Waals surface area contributed by atoms with Crippen molar-refractivity contribution in [1.82, 2.24) is 4.98 Å². The maximum atomic E-state index is 9.01. The SMILES string of the molecule is COCc1ccccc1Nc1ncccc1C#N. The number of hydrogen-bond acceptors (Lipinski definition) is 4. The molecule has 0 bridgehead atoms. The molecule has 2 aromatic rings. The molecule has 0 unspecified atom stereocenters. The first kappa shape index (κ1) is 12.1. The Morgan fingerprint density at radius 3 is 2.89 bits per heavy atom. The molecule has 0 aliphatic heterocycles. The van der Waals surface area contributed by atoms with Crippen LogP contribution in [0.15, 0.2) is 42.6 Å². The zero-order chi connectivity index (χ0) is 12.8. The third kappa shape index (κ3) is 2.65. The number of aromatic nitrogens is 1. The first-order chi connectivity index (χ1) is 8.85. The minimum absolute atomic E-state index is 0.512. The van der Waals surface area contributed by atoms with Crippen LogP contribution >= 0.6 is 0 Å². The smallest absolute Gasteiger partial charge is 0.148 e. The Morgan fingerprint density at radius 1 is 1.28 bits per heavy atom. The van der Waals surface area contributed by atoms with Crippen LogP contribution in [0.3, 0.4) is 0 Å². The fraction of sp³-hybridized carbons (Fsp3) is 0.143. The third-order valence-electron chi connectivity index (χ3n) is 2.50. The van der Waals surface area contributed by atoms with Gasteiger partial charge in [-0.2, -0.15) is 5.26 Å². The summed E-state index contributed by atoms with van der Waals surface area (Å²) >= 11 is 0. The number of benzene rings is 1. The van der Waals surface area contributed by atoms with Gasteiger partial charge >= 0.3 is 0 Å². The summed E-state index contributed by atoms with van der Waals surface area (Å²) in [6, 6.07) is 13.4. The second-order valence-corrected chi connectivity index (χ2v) is 3.73. The van der Waals surface area contributed by atoms with Gasteiger partial charge in [0.25, 0.3) is 0 Å². The first-order valence-electron chi connectivity index (χ1n) is 5.54. The van der Waals surface area contributed by atoms with Crippen LogP contribution < -0.4 is 5.32 Å². The largest absolute Gasteiger partial charge is 0.380 e. The molecule has 1 heterocycles. The monoisotopic (exact) mass is 239 g/mol. The molecule has 18 heavy (non-hydrogen) atoms. The van der Waals surface area contributed by atoms with Gasteiger partial charge in [0.1, 0.15) is 11.9 Å². The topological polar surface area (TPSA) is 57.9 Å². The molecule has 0 atom stereocenters. The van der Waals surface area contributed by atoms with Crippen LogP contribution in [0.4, 0.5) is 11.5 Å². The number of ether oxygens (including phenoxy) is 1. The van der Waals surface area contributed by atoms with Crippen molar-refractivity contribution in [1.29, 1.82) is 5.26 Å². The second kappa shape index (κ2) is 5.80. The fourth-order valence-electron chi connectivity index (χ4n) is 1.65. The maximum Gasteiger partial charge on any atom is 0.148 e. The highest BCUT2D eigenvalue weighted by Gasteiger charge is 2.06. The number of nitriles is 1. The number of pyridine rings is 1. The Labute approximate surface area is 106 Å². The van der Waals surface area contributed by atoms with Crippen molar-refractivity contribution >= 4 is 11.5 Å². The van der Waals surface area contributed by atoms with Gasteiger partial charge in [0.15, 0.2) is 0 Å². The summed E-state index contributed by atoms with van der Waals surface area (Å²) in [6.07, 6.45) is 1.65. The summed E-state index contributed by atoms with van der Waals surface area (Å²) in [5.74, 6) is 0.559. The van der Waals surface area contributed by atoms with E-state index in [2.05, 4.69) is 16.4 Å². The number of nitrogens with one attached hydrogen (secondary N) is 1. The van der Waals surface area contributed by atoms with Crippen LogP contribution in [-0.4, -0.2) is 12.1 Å². The van der Waals surface area contributed by atoms with Crippen molar-refractivity contribution in [2.75, 3.05) is 12.4 Å². The van der Waals surface area contributed by atoms with E-state index in [1.54, 1.807) is 25.4 Å². The van der Waals surface area contributed by atoms with E-state index in [1.807, 2.05) is 24.3 Å². The van der Waals surface area contributed by atoms with E-state index < -0.39 is 0 Å². The minimum Gasteiger partial charge on any atom is -0.380 e. The van der Waals surface area contributed by atoms with E-state index in [1.165, 1.54) is 0 Å². The van der Waals surface area contributed by atoms with Gasteiger partial charge in [-0.25, -0.2) is 4.98 Å². The van der Waals surface area contributed by atoms with Crippen molar-refractivity contribution in [2.45, 2.75) is 6.61 Å². The molecular weight excluding hydrogens is 226 g/mol. The summed E-state index contributed by atoms with van der Waals surface area (Å²) in [7, 11) is 1.65. The second-order valence-electron chi connectivity index (χ2n) is 3.73. The summed E-state index contributed by atoms with van der Waals surface area (Å²) in [5.41, 5.74) is 2.44. The summed E-state index contributed by atoms with van der Waals surface area (Å²) in [6.45, 7) is 0.512. The Bertz CT molecular complexity index is 575. The van der Waals surface area contributed by atoms with Crippen molar-refractivity contribution in [3.05, 3.63) is 53.7 Å². The summed E-state index contributed by atoms with van der Waals surface area (Å²) in [4.78, 5) is 4.17. The molecule has 0 amide bonds. The highest BCUT2D eigenvalue weighted by molar-refractivity contribution is 5.65. The van der Waals surface area contributed by atoms with Crippen LogP contribution in [0.5, 0.6) is 0 Å². The van der Waals surface area contributed by atoms with E-state index in [0.29, 0.717) is 18.0 Å². The molecular formula is C14H13N3O. The zero-order valence-electron chi connectivity index (χ0n) is 10.1. The van der Waals surface area contributed by atoms with E-state index in [0.717, 1.165) is 11.3 Å². The number of hydrogen-bond donors (Lipinski definition) is 1. The zero-order valence-corrected chi connectivity index (χ0v) is 10.1. The highest BCUT2D eigenvalue weighted by atomic mass is 16.5. The predicted molar refractivity (Wildman–Crippen MR) is 69.4 cm³/mol. The Kier molecular flexibility index (Phi) is 3.90. The van der Waals surface area contributed by atoms with Crippen LogP contribution in [0.1, 0.15) is 11.1 Å². The standard InChI is InChI=1S/C14H13N3O/c1-18-10-12-5-2-3-7-13(12)17-14-11(9-15)6-4-8-16-14/h2-8H,10H2,1H3,(H,16,17). The maximum absolute atomic E-state index is 9.01. The van der Waals surface area contributed by atoms with Crippen LogP contribution in [0.25, 0.3) is 0 Å². The third-order valence-corrected chi connectivity index (χ3v) is 2.50. The number of anilines is 2. The molecule has 1 aromatic heterocycles. The quantitative estimate of drug-likeness (QED) is 0.891. The summed E-state index contributed by atoms with van der Waals surface area (Å²) < 4.78 is 5.14. The molecule has 0 aliphatic carbocycles. The van der Waals surface area contributed by atoms with E-state index >= 15 is 0 Å². The van der Waals surface area contributed by atoms with Crippen molar-refractivity contribution in [3.8, 4) is 6.07 Å². The number of para-hydroxylation sites is 1. The molecule has 0 fully saturated rings. The van der Waals surface area contributed by atoms with Gasteiger partial charge in [0, 0.05) is 24.6 Å². The lowest BCUT2D eigenvalue weighted by Crippen LogP contribution is -2.00. The van der Waals surface area contributed by atoms with Crippen molar-refractivity contribution < 1.29 is 4.74 Å². The lowest BCUT2D eigenvalue weighted by molar-refractivity contribution is 0.185. The fourth-order valence-corrected chi connectivity index (χ4v) is 1.65. The molecule has 0 spiro atoms. The molecule has 0 aliphatic rings. The van der Waals surface area contributed by atoms with Gasteiger partial charge < -0.3 is 10.1 Å². The lowest BCUT2D eigenvalue weighted by atomic mass is 10.2. The molecule has 0 saturated heterocycles. The molecule has 0 radical (unpaired) electrons. The van der Waals surface area contributed by atoms with Crippen LogP contribution in [-0.2, 0) is 11.3 Å². The molecule has 1 aromatic carbocycles. The van der Waals surface area contributed by atoms with E-state index in [9.17, 15) is 0 Å². The minimum atomic E-state index is 0.512. The van der Waals surface area contributed by atoms with E-state index in [-0.39, 0.29) is 0 Å². The number of methoxy groups -OCH3 is 1. The van der Waals surface area contributed by atoms with Gasteiger partial charge in [-0.1, -0.05) is 18.2 Å². The number of rotatable bonds is 4.